The van der Waals surface area contributed by atoms with Crippen LogP contribution in [-0.4, -0.2) is 55.6 Å². The van der Waals surface area contributed by atoms with Crippen LogP contribution in [0, 0.1) is 5.92 Å². The Morgan fingerprint density at radius 3 is 2.25 bits per heavy atom. The van der Waals surface area contributed by atoms with E-state index in [-0.39, 0.29) is 18.3 Å². The van der Waals surface area contributed by atoms with Gasteiger partial charge in [0.15, 0.2) is 11.5 Å². The summed E-state index contributed by atoms with van der Waals surface area (Å²) in [6, 6.07) is 3.90. The van der Waals surface area contributed by atoms with E-state index in [1.165, 1.54) is 19.3 Å². The lowest BCUT2D eigenvalue weighted by molar-refractivity contribution is 0.00578. The van der Waals surface area contributed by atoms with Gasteiger partial charge in [0, 0.05) is 24.5 Å². The summed E-state index contributed by atoms with van der Waals surface area (Å²) in [5.41, 5.74) is 0.392. The summed E-state index contributed by atoms with van der Waals surface area (Å²) in [4.78, 5) is 11.4. The highest BCUT2D eigenvalue weighted by Crippen LogP contribution is 2.39. The molecular weight excluding hydrogens is 405 g/mol. The molecule has 32 heavy (non-hydrogen) atoms. The Balaban J connectivity index is 1.33. The molecule has 4 rings (SSSR count). The van der Waals surface area contributed by atoms with E-state index in [1.807, 2.05) is 12.1 Å². The van der Waals surface area contributed by atoms with E-state index in [1.54, 1.807) is 20.5 Å². The highest BCUT2D eigenvalue weighted by molar-refractivity contribution is 6.45. The van der Waals surface area contributed by atoms with Crippen LogP contribution in [0.3, 0.4) is 0 Å². The third kappa shape index (κ3) is 4.53. The number of methoxy groups -OCH3 is 2. The van der Waals surface area contributed by atoms with Crippen molar-refractivity contribution in [1.29, 1.82) is 0 Å². The molecule has 0 saturated carbocycles. The van der Waals surface area contributed by atoms with Crippen LogP contribution < -0.4 is 14.4 Å². The third-order valence-electron chi connectivity index (χ3n) is 7.39. The van der Waals surface area contributed by atoms with Crippen molar-refractivity contribution in [2.45, 2.75) is 70.9 Å². The molecule has 0 spiro atoms. The van der Waals surface area contributed by atoms with E-state index in [2.05, 4.69) is 42.6 Å². The molecule has 2 saturated heterocycles. The molecule has 0 unspecified atom stereocenters. The highest BCUT2D eigenvalue weighted by Gasteiger charge is 2.50. The maximum atomic E-state index is 6.14. The molecule has 8 heteroatoms. The van der Waals surface area contributed by atoms with Crippen LogP contribution >= 0.6 is 0 Å². The summed E-state index contributed by atoms with van der Waals surface area (Å²) in [6.07, 6.45) is 7.29. The minimum Gasteiger partial charge on any atom is -0.493 e. The van der Waals surface area contributed by atoms with Gasteiger partial charge in [0.1, 0.15) is 12.1 Å². The first kappa shape index (κ1) is 23.1. The molecule has 174 valence electrons. The van der Waals surface area contributed by atoms with Gasteiger partial charge in [-0.15, -0.1) is 0 Å². The van der Waals surface area contributed by atoms with Gasteiger partial charge in [-0.25, -0.2) is 9.97 Å². The SMILES string of the molecule is COc1cc2ncnc(N3CCC(CCCB4OC(C)(C)C(C)(C)O4)CC3)c2cc1OC. The van der Waals surface area contributed by atoms with Gasteiger partial charge in [0.05, 0.1) is 30.9 Å². The Kier molecular flexibility index (Phi) is 6.55. The van der Waals surface area contributed by atoms with Crippen molar-refractivity contribution in [2.75, 3.05) is 32.2 Å². The minimum absolute atomic E-state index is 0.0838. The normalized spacial score (nSPS) is 20.7. The predicted octanol–water partition coefficient (Wildman–Crippen LogP) is 4.74. The molecule has 0 aliphatic carbocycles. The van der Waals surface area contributed by atoms with Crippen molar-refractivity contribution < 1.29 is 18.8 Å². The smallest absolute Gasteiger partial charge is 0.457 e. The molecule has 2 fully saturated rings. The number of ether oxygens (including phenoxy) is 2. The van der Waals surface area contributed by atoms with Gasteiger partial charge in [0.2, 0.25) is 0 Å². The zero-order valence-corrected chi connectivity index (χ0v) is 20.3. The van der Waals surface area contributed by atoms with Crippen molar-refractivity contribution in [3.8, 4) is 11.5 Å². The Labute approximate surface area is 191 Å². The molecule has 0 N–H and O–H groups in total. The lowest BCUT2D eigenvalue weighted by atomic mass is 9.80. The number of anilines is 1. The number of hydrogen-bond acceptors (Lipinski definition) is 7. The first-order chi connectivity index (χ1) is 15.2. The van der Waals surface area contributed by atoms with Crippen molar-refractivity contribution in [1.82, 2.24) is 9.97 Å². The van der Waals surface area contributed by atoms with Gasteiger partial charge >= 0.3 is 7.12 Å². The maximum Gasteiger partial charge on any atom is 0.457 e. The number of piperidine rings is 1. The van der Waals surface area contributed by atoms with Crippen molar-refractivity contribution in [3.05, 3.63) is 18.5 Å². The summed E-state index contributed by atoms with van der Waals surface area (Å²) in [7, 11) is 3.21. The Bertz CT molecular complexity index is 928. The number of rotatable bonds is 7. The average molecular weight is 441 g/mol. The fraction of sp³-hybridized carbons (Fsp3) is 0.667. The minimum atomic E-state index is -0.240. The van der Waals surface area contributed by atoms with Gasteiger partial charge in [-0.1, -0.05) is 12.8 Å². The fourth-order valence-corrected chi connectivity index (χ4v) is 4.71. The summed E-state index contributed by atoms with van der Waals surface area (Å²) in [5, 5.41) is 1.00. The molecular formula is C24H36BN3O4. The van der Waals surface area contributed by atoms with Crippen LogP contribution in [0.25, 0.3) is 10.9 Å². The largest absolute Gasteiger partial charge is 0.493 e. The zero-order valence-electron chi connectivity index (χ0n) is 20.3. The first-order valence-electron chi connectivity index (χ1n) is 11.7. The average Bonchev–Trinajstić information content (AvgIpc) is 2.98. The van der Waals surface area contributed by atoms with Crippen molar-refractivity contribution in [3.63, 3.8) is 0 Å². The van der Waals surface area contributed by atoms with Crippen molar-refractivity contribution >= 4 is 23.8 Å². The number of fused-ring (bicyclic) bond motifs is 1. The van der Waals surface area contributed by atoms with Crippen molar-refractivity contribution in [2.24, 2.45) is 5.92 Å². The monoisotopic (exact) mass is 441 g/mol. The van der Waals surface area contributed by atoms with E-state index < -0.39 is 0 Å². The second-order valence-electron chi connectivity index (χ2n) is 9.97. The zero-order chi connectivity index (χ0) is 22.9. The summed E-state index contributed by atoms with van der Waals surface area (Å²) in [6.45, 7) is 10.5. The summed E-state index contributed by atoms with van der Waals surface area (Å²) in [5.74, 6) is 3.10. The Morgan fingerprint density at radius 2 is 1.62 bits per heavy atom. The predicted molar refractivity (Wildman–Crippen MR) is 128 cm³/mol. The molecule has 2 aliphatic rings. The van der Waals surface area contributed by atoms with Gasteiger partial charge in [-0.2, -0.15) is 0 Å². The molecule has 3 heterocycles. The number of hydrogen-bond donors (Lipinski definition) is 0. The van der Waals surface area contributed by atoms with E-state index in [0.29, 0.717) is 11.5 Å². The van der Waals surface area contributed by atoms with Crippen LogP contribution in [0.15, 0.2) is 18.5 Å². The van der Waals surface area contributed by atoms with Gasteiger partial charge in [0.25, 0.3) is 0 Å². The highest BCUT2D eigenvalue weighted by atomic mass is 16.7. The first-order valence-corrected chi connectivity index (χ1v) is 11.7. The molecule has 1 aromatic heterocycles. The number of nitrogens with zero attached hydrogens (tertiary/aromatic N) is 3. The standard InChI is InChI=1S/C24H36BN3O4/c1-23(2)24(3,4)32-25(31-23)11-7-8-17-9-12-28(13-10-17)22-18-14-20(29-5)21(30-6)15-19(18)26-16-27-22/h14-17H,7-13H2,1-6H3. The molecule has 2 aliphatic heterocycles. The summed E-state index contributed by atoms with van der Waals surface area (Å²) >= 11 is 0. The van der Waals surface area contributed by atoms with E-state index in [9.17, 15) is 0 Å². The second-order valence-corrected chi connectivity index (χ2v) is 9.97. The molecule has 0 amide bonds. The Morgan fingerprint density at radius 1 is 1.00 bits per heavy atom. The molecule has 1 aromatic carbocycles. The topological polar surface area (TPSA) is 65.9 Å². The molecule has 0 bridgehead atoms. The fourth-order valence-electron chi connectivity index (χ4n) is 4.71. The van der Waals surface area contributed by atoms with Crippen LogP contribution in [0.2, 0.25) is 6.32 Å². The van der Waals surface area contributed by atoms with Crippen LogP contribution in [-0.2, 0) is 9.31 Å². The van der Waals surface area contributed by atoms with E-state index in [0.717, 1.165) is 48.5 Å². The molecule has 7 nitrogen and oxygen atoms in total. The lowest BCUT2D eigenvalue weighted by Crippen LogP contribution is -2.41. The van der Waals surface area contributed by atoms with Crippen LogP contribution in [0.4, 0.5) is 5.82 Å². The lowest BCUT2D eigenvalue weighted by Gasteiger charge is -2.33. The van der Waals surface area contributed by atoms with Gasteiger partial charge in [-0.05, 0) is 58.8 Å². The van der Waals surface area contributed by atoms with E-state index >= 15 is 0 Å². The molecule has 2 aromatic rings. The van der Waals surface area contributed by atoms with Gasteiger partial charge in [-0.3, -0.25) is 0 Å². The second kappa shape index (κ2) is 9.06. The quantitative estimate of drug-likeness (QED) is 0.576. The molecule has 0 atom stereocenters. The number of benzene rings is 1. The van der Waals surface area contributed by atoms with Crippen LogP contribution in [0.1, 0.15) is 53.4 Å². The summed E-state index contributed by atoms with van der Waals surface area (Å²) < 4.78 is 23.2. The maximum absolute atomic E-state index is 6.14. The molecule has 0 radical (unpaired) electrons. The third-order valence-corrected chi connectivity index (χ3v) is 7.39. The Hall–Kier alpha value is -2.06. The van der Waals surface area contributed by atoms with Gasteiger partial charge < -0.3 is 23.7 Å². The van der Waals surface area contributed by atoms with Crippen LogP contribution in [0.5, 0.6) is 11.5 Å². The number of aromatic nitrogens is 2. The van der Waals surface area contributed by atoms with E-state index in [4.69, 9.17) is 18.8 Å².